The third-order valence-electron chi connectivity index (χ3n) is 5.03. The molecule has 3 nitrogen and oxygen atoms in total. The van der Waals surface area contributed by atoms with Crippen molar-refractivity contribution in [2.75, 3.05) is 0 Å². The van der Waals surface area contributed by atoms with Crippen molar-refractivity contribution in [2.24, 2.45) is 0 Å². The summed E-state index contributed by atoms with van der Waals surface area (Å²) in [5.74, 6) is 2.11. The van der Waals surface area contributed by atoms with Crippen LogP contribution < -0.4 is 0 Å². The van der Waals surface area contributed by atoms with Gasteiger partial charge in [0.15, 0.2) is 11.6 Å². The molecule has 0 amide bonds. The fourth-order valence-electron chi connectivity index (χ4n) is 3.59. The first-order valence-corrected chi connectivity index (χ1v) is 9.65. The molecular formula is C26H19N3. The van der Waals surface area contributed by atoms with Gasteiger partial charge in [-0.3, -0.25) is 0 Å². The van der Waals surface area contributed by atoms with Gasteiger partial charge >= 0.3 is 0 Å². The Morgan fingerprint density at radius 2 is 1.10 bits per heavy atom. The minimum Gasteiger partial charge on any atom is -0.213 e. The molecule has 0 bridgehead atoms. The number of rotatable bonds is 3. The predicted molar refractivity (Wildman–Crippen MR) is 118 cm³/mol. The van der Waals surface area contributed by atoms with E-state index in [9.17, 15) is 0 Å². The molecule has 0 aliphatic rings. The third-order valence-corrected chi connectivity index (χ3v) is 5.03. The van der Waals surface area contributed by atoms with Crippen LogP contribution in [0.15, 0.2) is 97.1 Å². The molecule has 4 aromatic carbocycles. The van der Waals surface area contributed by atoms with E-state index in [-0.39, 0.29) is 0 Å². The monoisotopic (exact) mass is 373 g/mol. The van der Waals surface area contributed by atoms with Crippen LogP contribution in [-0.2, 0) is 0 Å². The molecule has 5 aromatic rings. The molecule has 0 fully saturated rings. The summed E-state index contributed by atoms with van der Waals surface area (Å²) in [4.78, 5) is 14.0. The Morgan fingerprint density at radius 3 is 1.93 bits per heavy atom. The second-order valence-electron chi connectivity index (χ2n) is 7.00. The molecule has 0 aliphatic heterocycles. The zero-order valence-corrected chi connectivity index (χ0v) is 16.1. The lowest BCUT2D eigenvalue weighted by molar-refractivity contribution is 0.993. The molecule has 0 saturated heterocycles. The fourth-order valence-corrected chi connectivity index (χ4v) is 3.59. The van der Waals surface area contributed by atoms with Crippen LogP contribution in [0.4, 0.5) is 0 Å². The Labute approximate surface area is 169 Å². The number of aromatic nitrogens is 3. The molecule has 0 saturated carbocycles. The molecule has 0 N–H and O–H groups in total. The lowest BCUT2D eigenvalue weighted by Gasteiger charge is -2.09. The van der Waals surface area contributed by atoms with Crippen LogP contribution in [0.3, 0.4) is 0 Å². The van der Waals surface area contributed by atoms with Crippen molar-refractivity contribution in [1.82, 2.24) is 15.0 Å². The molecule has 0 unspecified atom stereocenters. The lowest BCUT2D eigenvalue weighted by atomic mass is 10.0. The highest BCUT2D eigenvalue weighted by molar-refractivity contribution is 5.95. The van der Waals surface area contributed by atoms with Crippen molar-refractivity contribution in [1.29, 1.82) is 0 Å². The molecule has 0 atom stereocenters. The molecule has 0 spiro atoms. The fraction of sp³-hybridized carbons (Fsp3) is 0.0385. The zero-order chi connectivity index (χ0) is 19.6. The van der Waals surface area contributed by atoms with Gasteiger partial charge in [0.25, 0.3) is 0 Å². The molecule has 29 heavy (non-hydrogen) atoms. The second kappa shape index (κ2) is 7.28. The van der Waals surface area contributed by atoms with E-state index in [0.717, 1.165) is 16.5 Å². The Bertz CT molecular complexity index is 1290. The van der Waals surface area contributed by atoms with Crippen LogP contribution in [0.2, 0.25) is 0 Å². The van der Waals surface area contributed by atoms with Crippen LogP contribution >= 0.6 is 0 Å². The van der Waals surface area contributed by atoms with Crippen LogP contribution in [0.25, 0.3) is 44.7 Å². The van der Waals surface area contributed by atoms with Crippen LogP contribution in [0, 0.1) is 6.92 Å². The summed E-state index contributed by atoms with van der Waals surface area (Å²) in [7, 11) is 0. The molecule has 5 rings (SSSR count). The first-order valence-electron chi connectivity index (χ1n) is 9.65. The van der Waals surface area contributed by atoms with Gasteiger partial charge in [0.05, 0.1) is 0 Å². The summed E-state index contributed by atoms with van der Waals surface area (Å²) < 4.78 is 0. The first-order chi connectivity index (χ1) is 14.3. The van der Waals surface area contributed by atoms with Crippen molar-refractivity contribution in [3.8, 4) is 33.9 Å². The normalized spacial score (nSPS) is 10.9. The minimum atomic E-state index is 0.694. The Hall–Kier alpha value is -3.85. The van der Waals surface area contributed by atoms with E-state index >= 15 is 0 Å². The van der Waals surface area contributed by atoms with Gasteiger partial charge in [-0.2, -0.15) is 0 Å². The zero-order valence-electron chi connectivity index (χ0n) is 16.1. The maximum Gasteiger partial charge on any atom is 0.164 e. The smallest absolute Gasteiger partial charge is 0.164 e. The summed E-state index contributed by atoms with van der Waals surface area (Å²) >= 11 is 0. The molecule has 3 heteroatoms. The van der Waals surface area contributed by atoms with E-state index in [1.807, 2.05) is 31.2 Å². The van der Waals surface area contributed by atoms with E-state index in [1.54, 1.807) is 0 Å². The Morgan fingerprint density at radius 1 is 0.483 bits per heavy atom. The minimum absolute atomic E-state index is 0.694. The molecule has 1 aromatic heterocycles. The Kier molecular flexibility index (Phi) is 4.34. The Balaban J connectivity index is 1.58. The summed E-state index contributed by atoms with van der Waals surface area (Å²) in [5, 5.41) is 2.32. The standard InChI is InChI=1S/C26H19N3/c1-18-27-25(22-16-14-20(15-17-22)19-8-3-2-4-9-19)29-26(28-18)24-13-7-11-21-10-5-6-12-23(21)24/h2-17H,1H3. The van der Waals surface area contributed by atoms with Crippen molar-refractivity contribution in [3.05, 3.63) is 103 Å². The number of hydrogen-bond donors (Lipinski definition) is 0. The molecule has 138 valence electrons. The highest BCUT2D eigenvalue weighted by Crippen LogP contribution is 2.28. The number of benzene rings is 4. The van der Waals surface area contributed by atoms with Gasteiger partial charge in [-0.25, -0.2) is 15.0 Å². The van der Waals surface area contributed by atoms with E-state index < -0.39 is 0 Å². The third kappa shape index (κ3) is 3.39. The van der Waals surface area contributed by atoms with Gasteiger partial charge in [0.1, 0.15) is 5.82 Å². The van der Waals surface area contributed by atoms with Gasteiger partial charge < -0.3 is 0 Å². The highest BCUT2D eigenvalue weighted by atomic mass is 15.0. The van der Waals surface area contributed by atoms with Crippen molar-refractivity contribution >= 4 is 10.8 Å². The van der Waals surface area contributed by atoms with Gasteiger partial charge in [-0.15, -0.1) is 0 Å². The molecule has 0 radical (unpaired) electrons. The lowest BCUT2D eigenvalue weighted by Crippen LogP contribution is -2.00. The van der Waals surface area contributed by atoms with E-state index in [2.05, 4.69) is 82.8 Å². The number of hydrogen-bond acceptors (Lipinski definition) is 3. The quantitative estimate of drug-likeness (QED) is 0.371. The van der Waals surface area contributed by atoms with E-state index in [0.29, 0.717) is 17.5 Å². The van der Waals surface area contributed by atoms with Crippen LogP contribution in [0.1, 0.15) is 5.82 Å². The van der Waals surface area contributed by atoms with Crippen LogP contribution in [-0.4, -0.2) is 15.0 Å². The van der Waals surface area contributed by atoms with Gasteiger partial charge in [-0.05, 0) is 28.8 Å². The number of aryl methyl sites for hydroxylation is 1. The maximum atomic E-state index is 4.80. The van der Waals surface area contributed by atoms with E-state index in [1.165, 1.54) is 16.5 Å². The van der Waals surface area contributed by atoms with Gasteiger partial charge in [0, 0.05) is 11.1 Å². The second-order valence-corrected chi connectivity index (χ2v) is 7.00. The number of nitrogens with zero attached hydrogens (tertiary/aromatic N) is 3. The molecule has 0 aliphatic carbocycles. The highest BCUT2D eigenvalue weighted by Gasteiger charge is 2.11. The summed E-state index contributed by atoms with van der Waals surface area (Å²) in [6.07, 6.45) is 0. The summed E-state index contributed by atoms with van der Waals surface area (Å²) in [6, 6.07) is 33.3. The average Bonchev–Trinajstić information content (AvgIpc) is 2.79. The molecular weight excluding hydrogens is 354 g/mol. The predicted octanol–water partition coefficient (Wildman–Crippen LogP) is 6.33. The summed E-state index contributed by atoms with van der Waals surface area (Å²) in [6.45, 7) is 1.91. The van der Waals surface area contributed by atoms with Gasteiger partial charge in [0.2, 0.25) is 0 Å². The molecule has 1 heterocycles. The first kappa shape index (κ1) is 17.3. The number of fused-ring (bicyclic) bond motifs is 1. The average molecular weight is 373 g/mol. The van der Waals surface area contributed by atoms with Crippen molar-refractivity contribution < 1.29 is 0 Å². The summed E-state index contributed by atoms with van der Waals surface area (Å²) in [5.41, 5.74) is 4.38. The SMILES string of the molecule is Cc1nc(-c2ccc(-c3ccccc3)cc2)nc(-c2cccc3ccccc23)n1. The van der Waals surface area contributed by atoms with Crippen LogP contribution in [0.5, 0.6) is 0 Å². The van der Waals surface area contributed by atoms with E-state index in [4.69, 9.17) is 4.98 Å². The van der Waals surface area contributed by atoms with Gasteiger partial charge in [-0.1, -0.05) is 97.1 Å². The largest absolute Gasteiger partial charge is 0.213 e. The van der Waals surface area contributed by atoms with Crippen molar-refractivity contribution in [3.63, 3.8) is 0 Å². The maximum absolute atomic E-state index is 4.80. The van der Waals surface area contributed by atoms with Crippen molar-refractivity contribution in [2.45, 2.75) is 6.92 Å². The topological polar surface area (TPSA) is 38.7 Å².